The zero-order chi connectivity index (χ0) is 15.3. The van der Waals surface area contributed by atoms with E-state index in [1.54, 1.807) is 13.2 Å². The number of ether oxygens (including phenoxy) is 2. The Morgan fingerprint density at radius 3 is 2.81 bits per heavy atom. The Labute approximate surface area is 124 Å². The molecular weight excluding hydrogens is 276 g/mol. The maximum atomic E-state index is 13.4. The van der Waals surface area contributed by atoms with Gasteiger partial charge >= 0.3 is 0 Å². The van der Waals surface area contributed by atoms with Crippen LogP contribution in [-0.2, 0) is 15.9 Å². The van der Waals surface area contributed by atoms with Gasteiger partial charge in [-0.2, -0.15) is 0 Å². The van der Waals surface area contributed by atoms with Crippen LogP contribution in [0.25, 0.3) is 0 Å². The normalized spacial score (nSPS) is 25.4. The van der Waals surface area contributed by atoms with E-state index in [0.29, 0.717) is 19.6 Å². The molecule has 0 spiro atoms. The predicted octanol–water partition coefficient (Wildman–Crippen LogP) is 2.54. The second kappa shape index (κ2) is 7.29. The highest BCUT2D eigenvalue weighted by atomic mass is 19.2. The van der Waals surface area contributed by atoms with Gasteiger partial charge in [0.2, 0.25) is 0 Å². The minimum Gasteiger partial charge on any atom is -0.383 e. The van der Waals surface area contributed by atoms with Crippen molar-refractivity contribution in [1.29, 1.82) is 0 Å². The molecule has 0 saturated carbocycles. The molecule has 21 heavy (non-hydrogen) atoms. The number of hydrogen-bond donors (Lipinski definition) is 1. The Morgan fingerprint density at radius 1 is 1.38 bits per heavy atom. The van der Waals surface area contributed by atoms with Gasteiger partial charge < -0.3 is 14.8 Å². The Balaban J connectivity index is 2.07. The molecule has 1 aromatic rings. The first-order valence-electron chi connectivity index (χ1n) is 7.32. The summed E-state index contributed by atoms with van der Waals surface area (Å²) in [5.41, 5.74) is 0.720. The van der Waals surface area contributed by atoms with Crippen LogP contribution in [0.3, 0.4) is 0 Å². The monoisotopic (exact) mass is 299 g/mol. The molecule has 0 amide bonds. The zero-order valence-electron chi connectivity index (χ0n) is 12.6. The molecule has 0 aliphatic carbocycles. The third-order valence-electron chi connectivity index (χ3n) is 4.33. The van der Waals surface area contributed by atoms with E-state index in [9.17, 15) is 8.78 Å². The molecule has 1 aliphatic heterocycles. The quantitative estimate of drug-likeness (QED) is 0.785. The van der Waals surface area contributed by atoms with E-state index in [2.05, 4.69) is 5.32 Å². The Bertz CT molecular complexity index is 470. The maximum Gasteiger partial charge on any atom is 0.159 e. The number of hydrogen-bond acceptors (Lipinski definition) is 3. The lowest BCUT2D eigenvalue weighted by molar-refractivity contribution is 0.0619. The van der Waals surface area contributed by atoms with Crippen molar-refractivity contribution in [3.63, 3.8) is 0 Å². The summed E-state index contributed by atoms with van der Waals surface area (Å²) in [7, 11) is 1.67. The number of rotatable bonds is 7. The number of methoxy groups -OCH3 is 1. The average Bonchev–Trinajstić information content (AvgIpc) is 2.81. The van der Waals surface area contributed by atoms with E-state index in [0.717, 1.165) is 25.1 Å². The summed E-state index contributed by atoms with van der Waals surface area (Å²) >= 11 is 0. The highest BCUT2D eigenvalue weighted by Crippen LogP contribution is 2.38. The summed E-state index contributed by atoms with van der Waals surface area (Å²) in [6, 6.07) is 4.13. The first kappa shape index (κ1) is 16.3. The molecule has 5 heteroatoms. The summed E-state index contributed by atoms with van der Waals surface area (Å²) in [5, 5.41) is 3.37. The van der Waals surface area contributed by atoms with Crippen molar-refractivity contribution in [2.24, 2.45) is 5.41 Å². The lowest BCUT2D eigenvalue weighted by atomic mass is 9.76. The molecule has 1 N–H and O–H groups in total. The zero-order valence-corrected chi connectivity index (χ0v) is 12.6. The van der Waals surface area contributed by atoms with Gasteiger partial charge in [0.25, 0.3) is 0 Å². The van der Waals surface area contributed by atoms with Crippen molar-refractivity contribution in [1.82, 2.24) is 5.32 Å². The van der Waals surface area contributed by atoms with Crippen LogP contribution in [0, 0.1) is 17.0 Å². The Kier molecular flexibility index (Phi) is 5.67. The van der Waals surface area contributed by atoms with E-state index in [-0.39, 0.29) is 11.5 Å². The van der Waals surface area contributed by atoms with E-state index in [1.807, 2.05) is 6.92 Å². The van der Waals surface area contributed by atoms with Crippen LogP contribution in [0.2, 0.25) is 0 Å². The molecule has 0 aromatic heterocycles. The van der Waals surface area contributed by atoms with E-state index in [1.165, 1.54) is 12.1 Å². The molecule has 1 heterocycles. The fourth-order valence-corrected chi connectivity index (χ4v) is 2.91. The predicted molar refractivity (Wildman–Crippen MR) is 77.3 cm³/mol. The molecule has 2 rings (SSSR count). The van der Waals surface area contributed by atoms with Crippen LogP contribution >= 0.6 is 0 Å². The second-order valence-corrected chi connectivity index (χ2v) is 5.72. The molecular formula is C16H23F2NO2. The van der Waals surface area contributed by atoms with E-state index >= 15 is 0 Å². The fourth-order valence-electron chi connectivity index (χ4n) is 2.91. The van der Waals surface area contributed by atoms with E-state index < -0.39 is 11.6 Å². The van der Waals surface area contributed by atoms with Crippen molar-refractivity contribution >= 4 is 0 Å². The third kappa shape index (κ3) is 3.99. The molecule has 0 bridgehead atoms. The van der Waals surface area contributed by atoms with Gasteiger partial charge in [-0.15, -0.1) is 0 Å². The van der Waals surface area contributed by atoms with Crippen LogP contribution in [0.1, 0.15) is 18.9 Å². The Morgan fingerprint density at radius 2 is 2.19 bits per heavy atom. The Hall–Kier alpha value is -1.04. The average molecular weight is 299 g/mol. The second-order valence-electron chi connectivity index (χ2n) is 5.72. The SMILES string of the molecule is COCCNCC1(Cc2ccc(F)c(F)c2)CCOC1C. The van der Waals surface area contributed by atoms with E-state index in [4.69, 9.17) is 9.47 Å². The molecule has 2 atom stereocenters. The highest BCUT2D eigenvalue weighted by Gasteiger charge is 2.41. The van der Waals surface area contributed by atoms with Gasteiger partial charge in [-0.05, 0) is 37.5 Å². The van der Waals surface area contributed by atoms with Crippen LogP contribution in [-0.4, -0.2) is 39.5 Å². The summed E-state index contributed by atoms with van der Waals surface area (Å²) < 4.78 is 37.2. The van der Waals surface area contributed by atoms with Crippen LogP contribution in [0.5, 0.6) is 0 Å². The molecule has 0 radical (unpaired) electrons. The molecule has 3 nitrogen and oxygen atoms in total. The number of halogens is 2. The van der Waals surface area contributed by atoms with Gasteiger partial charge in [0.05, 0.1) is 12.7 Å². The van der Waals surface area contributed by atoms with Crippen molar-refractivity contribution in [3.8, 4) is 0 Å². The van der Waals surface area contributed by atoms with Gasteiger partial charge in [-0.3, -0.25) is 0 Å². The number of nitrogens with one attached hydrogen (secondary N) is 1. The molecule has 1 aromatic carbocycles. The van der Waals surface area contributed by atoms with Crippen molar-refractivity contribution in [2.45, 2.75) is 25.9 Å². The third-order valence-corrected chi connectivity index (χ3v) is 4.33. The molecule has 1 saturated heterocycles. The smallest absolute Gasteiger partial charge is 0.159 e. The molecule has 1 fully saturated rings. The van der Waals surface area contributed by atoms with Crippen molar-refractivity contribution in [2.75, 3.05) is 33.4 Å². The van der Waals surface area contributed by atoms with Gasteiger partial charge in [0, 0.05) is 32.2 Å². The number of benzene rings is 1. The molecule has 2 unspecified atom stereocenters. The maximum absolute atomic E-state index is 13.4. The van der Waals surface area contributed by atoms with Crippen LogP contribution < -0.4 is 5.32 Å². The largest absolute Gasteiger partial charge is 0.383 e. The van der Waals surface area contributed by atoms with Gasteiger partial charge in [0.15, 0.2) is 11.6 Å². The minimum absolute atomic E-state index is 0.0839. The van der Waals surface area contributed by atoms with Crippen molar-refractivity contribution in [3.05, 3.63) is 35.4 Å². The van der Waals surface area contributed by atoms with Gasteiger partial charge in [-0.1, -0.05) is 6.07 Å². The minimum atomic E-state index is -0.804. The summed E-state index contributed by atoms with van der Waals surface area (Å²) in [5.74, 6) is -1.59. The summed E-state index contributed by atoms with van der Waals surface area (Å²) in [6.07, 6.45) is 1.67. The van der Waals surface area contributed by atoms with Crippen LogP contribution in [0.4, 0.5) is 8.78 Å². The molecule has 118 valence electrons. The van der Waals surface area contributed by atoms with Gasteiger partial charge in [0.1, 0.15) is 0 Å². The van der Waals surface area contributed by atoms with Gasteiger partial charge in [-0.25, -0.2) is 8.78 Å². The standard InChI is InChI=1S/C16H23F2NO2/c1-12-16(5-7-21-12,11-19-6-8-20-2)10-13-3-4-14(17)15(18)9-13/h3-4,9,12,19H,5-8,10-11H2,1-2H3. The summed E-state index contributed by atoms with van der Waals surface area (Å²) in [6.45, 7) is 4.94. The highest BCUT2D eigenvalue weighted by molar-refractivity contribution is 5.20. The van der Waals surface area contributed by atoms with Crippen molar-refractivity contribution < 1.29 is 18.3 Å². The molecule has 1 aliphatic rings. The summed E-state index contributed by atoms with van der Waals surface area (Å²) in [4.78, 5) is 0. The first-order chi connectivity index (χ1) is 10.1. The lowest BCUT2D eigenvalue weighted by Gasteiger charge is -2.33. The topological polar surface area (TPSA) is 30.5 Å². The fraction of sp³-hybridized carbons (Fsp3) is 0.625. The lowest BCUT2D eigenvalue weighted by Crippen LogP contribution is -2.42. The van der Waals surface area contributed by atoms with Crippen LogP contribution in [0.15, 0.2) is 18.2 Å². The first-order valence-corrected chi connectivity index (χ1v) is 7.32.